The lowest BCUT2D eigenvalue weighted by molar-refractivity contribution is -0.126. The van der Waals surface area contributed by atoms with Gasteiger partial charge in [-0.15, -0.1) is 0 Å². The van der Waals surface area contributed by atoms with Crippen LogP contribution in [0.2, 0.25) is 0 Å². The maximum atomic E-state index is 13.1. The zero-order valence-corrected chi connectivity index (χ0v) is 15.4. The Morgan fingerprint density at radius 2 is 2.12 bits per heavy atom. The van der Waals surface area contributed by atoms with Crippen molar-refractivity contribution in [2.75, 3.05) is 18.4 Å². The highest BCUT2D eigenvalue weighted by Crippen LogP contribution is 2.29. The number of benzene rings is 1. The molecule has 1 aliphatic heterocycles. The molecular formula is C17H23N5O3S. The normalized spacial score (nSPS) is 17.0. The molecule has 26 heavy (non-hydrogen) atoms. The molecule has 1 aromatic heterocycles. The fraction of sp³-hybridized carbons (Fsp3) is 0.412. The summed E-state index contributed by atoms with van der Waals surface area (Å²) >= 11 is 0. The summed E-state index contributed by atoms with van der Waals surface area (Å²) in [7, 11) is -3.87. The molecule has 0 aliphatic carbocycles. The van der Waals surface area contributed by atoms with Crippen molar-refractivity contribution in [3.63, 3.8) is 0 Å². The van der Waals surface area contributed by atoms with E-state index in [1.165, 1.54) is 6.07 Å². The number of aryl methyl sites for hydroxylation is 1. The van der Waals surface area contributed by atoms with Gasteiger partial charge in [0.05, 0.1) is 4.90 Å². The number of piperidine rings is 1. The van der Waals surface area contributed by atoms with Crippen LogP contribution in [-0.4, -0.2) is 37.2 Å². The minimum Gasteiger partial charge on any atom is -0.324 e. The zero-order chi connectivity index (χ0) is 18.8. The first-order valence-electron chi connectivity index (χ1n) is 8.55. The van der Waals surface area contributed by atoms with Crippen LogP contribution in [-0.2, 0) is 26.8 Å². The maximum Gasteiger partial charge on any atom is 0.252 e. The third-order valence-electron chi connectivity index (χ3n) is 4.81. The van der Waals surface area contributed by atoms with Gasteiger partial charge in [0.15, 0.2) is 0 Å². The summed E-state index contributed by atoms with van der Waals surface area (Å²) in [6.45, 7) is 3.25. The van der Waals surface area contributed by atoms with Gasteiger partial charge in [0, 0.05) is 18.1 Å². The monoisotopic (exact) mass is 377 g/mol. The number of aromatic nitrogens is 2. The van der Waals surface area contributed by atoms with Crippen molar-refractivity contribution in [2.45, 2.75) is 36.6 Å². The minimum atomic E-state index is -3.87. The molecule has 1 aliphatic rings. The predicted molar refractivity (Wildman–Crippen MR) is 98.1 cm³/mol. The van der Waals surface area contributed by atoms with Crippen LogP contribution in [0.15, 0.2) is 41.6 Å². The third-order valence-corrected chi connectivity index (χ3v) is 5.80. The van der Waals surface area contributed by atoms with Gasteiger partial charge in [0.2, 0.25) is 10.0 Å². The van der Waals surface area contributed by atoms with Gasteiger partial charge in [0.25, 0.3) is 5.91 Å². The topological polar surface area (TPSA) is 119 Å². The number of carbonyl (C=O) groups is 1. The first-order chi connectivity index (χ1) is 12.4. The quantitative estimate of drug-likeness (QED) is 0.712. The third kappa shape index (κ3) is 3.50. The summed E-state index contributed by atoms with van der Waals surface area (Å²) < 4.78 is 25.4. The molecule has 1 amide bonds. The summed E-state index contributed by atoms with van der Waals surface area (Å²) in [5, 5.41) is 15.7. The number of hydrogen-bond donors (Lipinski definition) is 3. The van der Waals surface area contributed by atoms with Crippen LogP contribution in [0.5, 0.6) is 0 Å². The van der Waals surface area contributed by atoms with Gasteiger partial charge in [-0.05, 0) is 56.1 Å². The van der Waals surface area contributed by atoms with Crippen molar-refractivity contribution in [3.8, 4) is 0 Å². The molecule has 2 heterocycles. The van der Waals surface area contributed by atoms with E-state index in [-0.39, 0.29) is 10.8 Å². The molecule has 4 N–H and O–H groups in total. The molecule has 3 rings (SSSR count). The Bertz CT molecular complexity index is 887. The Balaban J connectivity index is 1.93. The number of sulfonamides is 1. The molecule has 9 heteroatoms. The van der Waals surface area contributed by atoms with Crippen molar-refractivity contribution in [1.82, 2.24) is 15.1 Å². The molecule has 8 nitrogen and oxygen atoms in total. The van der Waals surface area contributed by atoms with Crippen LogP contribution in [0.3, 0.4) is 0 Å². The summed E-state index contributed by atoms with van der Waals surface area (Å²) in [6, 6.07) is 6.58. The van der Waals surface area contributed by atoms with E-state index in [1.807, 2.05) is 6.92 Å². The van der Waals surface area contributed by atoms with E-state index in [0.717, 1.165) is 0 Å². The molecular weight excluding hydrogens is 354 g/mol. The number of carbonyl (C=O) groups excluding carboxylic acids is 1. The second-order valence-corrected chi connectivity index (χ2v) is 7.94. The van der Waals surface area contributed by atoms with E-state index < -0.39 is 15.6 Å². The molecule has 0 bridgehead atoms. The summed E-state index contributed by atoms with van der Waals surface area (Å²) in [5.41, 5.74) is 0.218. The highest BCUT2D eigenvalue weighted by atomic mass is 32.2. The lowest BCUT2D eigenvalue weighted by atomic mass is 9.87. The molecule has 140 valence electrons. The van der Waals surface area contributed by atoms with Crippen molar-refractivity contribution in [2.24, 2.45) is 5.14 Å². The predicted octanol–water partition coefficient (Wildman–Crippen LogP) is 0.810. The number of nitrogens with two attached hydrogens (primary N) is 1. The number of nitrogens with zero attached hydrogens (tertiary/aromatic N) is 2. The Labute approximate surface area is 152 Å². The zero-order valence-electron chi connectivity index (χ0n) is 14.6. The molecule has 2 aromatic rings. The van der Waals surface area contributed by atoms with E-state index >= 15 is 0 Å². The van der Waals surface area contributed by atoms with Crippen LogP contribution in [0.25, 0.3) is 0 Å². The number of anilines is 1. The summed E-state index contributed by atoms with van der Waals surface area (Å²) in [5.74, 6) is -0.215. The molecule has 0 radical (unpaired) electrons. The first kappa shape index (κ1) is 18.6. The molecule has 1 aromatic carbocycles. The Morgan fingerprint density at radius 1 is 1.38 bits per heavy atom. The number of amides is 1. The Morgan fingerprint density at radius 3 is 2.69 bits per heavy atom. The van der Waals surface area contributed by atoms with E-state index in [1.54, 1.807) is 35.3 Å². The lowest BCUT2D eigenvalue weighted by Crippen LogP contribution is -2.52. The summed E-state index contributed by atoms with van der Waals surface area (Å²) in [4.78, 5) is 13.2. The van der Waals surface area contributed by atoms with E-state index in [9.17, 15) is 13.2 Å². The van der Waals surface area contributed by atoms with Crippen LogP contribution >= 0.6 is 0 Å². The van der Waals surface area contributed by atoms with E-state index in [0.29, 0.717) is 43.6 Å². The van der Waals surface area contributed by atoms with Crippen LogP contribution < -0.4 is 15.8 Å². The van der Waals surface area contributed by atoms with Gasteiger partial charge in [-0.1, -0.05) is 13.0 Å². The van der Waals surface area contributed by atoms with Gasteiger partial charge in [-0.25, -0.2) is 13.6 Å². The first-order valence-corrected chi connectivity index (χ1v) is 10.1. The van der Waals surface area contributed by atoms with Crippen molar-refractivity contribution in [1.29, 1.82) is 0 Å². The Hall–Kier alpha value is -2.23. The standard InChI is InChI=1S/C17H23N5O3S/c1-2-13-4-5-14(12-15(13)26(18,24)25)21-16(23)17(6-9-19-10-7-17)22-11-3-8-20-22/h3-5,8,11-12,19H,2,6-7,9-10H2,1H3,(H,21,23)(H2,18,24,25). The minimum absolute atomic E-state index is 0.0382. The molecule has 0 atom stereocenters. The van der Waals surface area contributed by atoms with Crippen molar-refractivity contribution < 1.29 is 13.2 Å². The van der Waals surface area contributed by atoms with Gasteiger partial charge < -0.3 is 10.6 Å². The maximum absolute atomic E-state index is 13.1. The fourth-order valence-corrected chi connectivity index (χ4v) is 4.23. The SMILES string of the molecule is CCc1ccc(NC(=O)C2(n3cccn3)CCNCC2)cc1S(N)(=O)=O. The highest BCUT2D eigenvalue weighted by Gasteiger charge is 2.42. The van der Waals surface area contributed by atoms with Gasteiger partial charge in [-0.3, -0.25) is 9.48 Å². The molecule has 0 saturated carbocycles. The van der Waals surface area contributed by atoms with Gasteiger partial charge in [-0.2, -0.15) is 5.10 Å². The van der Waals surface area contributed by atoms with E-state index in [2.05, 4.69) is 15.7 Å². The van der Waals surface area contributed by atoms with Gasteiger partial charge >= 0.3 is 0 Å². The second-order valence-electron chi connectivity index (χ2n) is 6.41. The average molecular weight is 377 g/mol. The fourth-order valence-electron chi connectivity index (χ4n) is 3.36. The van der Waals surface area contributed by atoms with Crippen molar-refractivity contribution >= 4 is 21.6 Å². The van der Waals surface area contributed by atoms with E-state index in [4.69, 9.17) is 5.14 Å². The number of primary sulfonamides is 1. The summed E-state index contributed by atoms with van der Waals surface area (Å²) in [6.07, 6.45) is 5.14. The molecule has 0 unspecified atom stereocenters. The van der Waals surface area contributed by atoms with Gasteiger partial charge in [0.1, 0.15) is 5.54 Å². The van der Waals surface area contributed by atoms with Crippen molar-refractivity contribution in [3.05, 3.63) is 42.2 Å². The number of rotatable bonds is 5. The number of hydrogen-bond acceptors (Lipinski definition) is 5. The highest BCUT2D eigenvalue weighted by molar-refractivity contribution is 7.89. The Kier molecular flexibility index (Phi) is 5.12. The second kappa shape index (κ2) is 7.18. The van der Waals surface area contributed by atoms with Crippen LogP contribution in [0.4, 0.5) is 5.69 Å². The largest absolute Gasteiger partial charge is 0.324 e. The van der Waals surface area contributed by atoms with Crippen LogP contribution in [0.1, 0.15) is 25.3 Å². The number of nitrogens with one attached hydrogen (secondary N) is 2. The smallest absolute Gasteiger partial charge is 0.252 e. The molecule has 1 fully saturated rings. The molecule has 0 spiro atoms. The average Bonchev–Trinajstić information content (AvgIpc) is 3.16. The lowest BCUT2D eigenvalue weighted by Gasteiger charge is -2.36. The van der Waals surface area contributed by atoms with Crippen LogP contribution in [0, 0.1) is 0 Å². The molecule has 1 saturated heterocycles.